The van der Waals surface area contributed by atoms with Crippen LogP contribution in [-0.2, 0) is 11.2 Å². The van der Waals surface area contributed by atoms with Gasteiger partial charge in [-0.25, -0.2) is 0 Å². The van der Waals surface area contributed by atoms with Gasteiger partial charge in [0.15, 0.2) is 0 Å². The summed E-state index contributed by atoms with van der Waals surface area (Å²) in [6, 6.07) is 1.98. The van der Waals surface area contributed by atoms with Crippen LogP contribution in [0.1, 0.15) is 25.1 Å². The monoisotopic (exact) mass is 255 g/mol. The highest BCUT2D eigenvalue weighted by atomic mass is 79.9. The van der Waals surface area contributed by atoms with Crippen LogP contribution in [0.3, 0.4) is 0 Å². The molecule has 0 bridgehead atoms. The van der Waals surface area contributed by atoms with Gasteiger partial charge in [0.2, 0.25) is 0 Å². The topological polar surface area (TPSA) is 30.0 Å². The van der Waals surface area contributed by atoms with Crippen LogP contribution in [0.15, 0.2) is 16.7 Å². The zero-order valence-electron chi connectivity index (χ0n) is 8.67. The third kappa shape index (κ3) is 2.91. The number of carbonyl (C=O) groups is 1. The van der Waals surface area contributed by atoms with E-state index in [0.717, 1.165) is 15.7 Å². The number of nitrogens with zero attached hydrogens (tertiary/aromatic N) is 1. The van der Waals surface area contributed by atoms with E-state index in [1.807, 2.05) is 26.8 Å². The van der Waals surface area contributed by atoms with E-state index in [-0.39, 0.29) is 11.7 Å². The summed E-state index contributed by atoms with van der Waals surface area (Å²) in [5.74, 6) is 0.322. The third-order valence-corrected chi connectivity index (χ3v) is 2.57. The first-order chi connectivity index (χ1) is 6.50. The van der Waals surface area contributed by atoms with Gasteiger partial charge in [-0.05, 0) is 34.5 Å². The quantitative estimate of drug-likeness (QED) is 0.832. The van der Waals surface area contributed by atoms with Gasteiger partial charge >= 0.3 is 0 Å². The number of Topliss-reactive ketones (excluding diaryl/α,β-unsaturated/α-hetero) is 1. The highest BCUT2D eigenvalue weighted by Gasteiger charge is 2.10. The first-order valence-electron chi connectivity index (χ1n) is 4.64. The molecule has 0 fully saturated rings. The molecule has 1 aromatic heterocycles. The summed E-state index contributed by atoms with van der Waals surface area (Å²) in [4.78, 5) is 15.7. The first-order valence-corrected chi connectivity index (χ1v) is 5.43. The lowest BCUT2D eigenvalue weighted by atomic mass is 10.0. The van der Waals surface area contributed by atoms with Crippen LogP contribution in [0.2, 0.25) is 0 Å². The summed E-state index contributed by atoms with van der Waals surface area (Å²) < 4.78 is 0.954. The van der Waals surface area contributed by atoms with Crippen molar-refractivity contribution in [3.8, 4) is 0 Å². The fraction of sp³-hybridized carbons (Fsp3) is 0.455. The van der Waals surface area contributed by atoms with Crippen LogP contribution in [-0.4, -0.2) is 10.8 Å². The summed E-state index contributed by atoms with van der Waals surface area (Å²) in [7, 11) is 0. The van der Waals surface area contributed by atoms with Gasteiger partial charge in [-0.2, -0.15) is 0 Å². The maximum absolute atomic E-state index is 11.5. The van der Waals surface area contributed by atoms with Crippen molar-refractivity contribution in [3.63, 3.8) is 0 Å². The second-order valence-electron chi connectivity index (χ2n) is 3.71. The lowest BCUT2D eigenvalue weighted by Crippen LogP contribution is -2.12. The lowest BCUT2D eigenvalue weighted by molar-refractivity contribution is -0.121. The van der Waals surface area contributed by atoms with Gasteiger partial charge in [0, 0.05) is 23.0 Å². The molecule has 1 aromatic rings. The number of hydrogen-bond acceptors (Lipinski definition) is 2. The summed E-state index contributed by atoms with van der Waals surface area (Å²) in [5.41, 5.74) is 1.94. The fourth-order valence-corrected chi connectivity index (χ4v) is 1.57. The van der Waals surface area contributed by atoms with Crippen LogP contribution in [0.5, 0.6) is 0 Å². The zero-order chi connectivity index (χ0) is 10.7. The molecule has 1 heterocycles. The van der Waals surface area contributed by atoms with Gasteiger partial charge in [-0.15, -0.1) is 0 Å². The van der Waals surface area contributed by atoms with Crippen molar-refractivity contribution in [2.45, 2.75) is 27.2 Å². The van der Waals surface area contributed by atoms with E-state index < -0.39 is 0 Å². The summed E-state index contributed by atoms with van der Waals surface area (Å²) in [6.07, 6.45) is 2.17. The molecule has 3 heteroatoms. The Kier molecular flexibility index (Phi) is 3.81. The minimum Gasteiger partial charge on any atom is -0.299 e. The predicted molar refractivity (Wildman–Crippen MR) is 60.2 cm³/mol. The average molecular weight is 256 g/mol. The van der Waals surface area contributed by atoms with Gasteiger partial charge < -0.3 is 0 Å². The Morgan fingerprint density at radius 3 is 2.71 bits per heavy atom. The van der Waals surface area contributed by atoms with E-state index in [1.165, 1.54) is 0 Å². The Morgan fingerprint density at radius 1 is 1.57 bits per heavy atom. The molecule has 1 rings (SSSR count). The van der Waals surface area contributed by atoms with Crippen LogP contribution >= 0.6 is 15.9 Å². The molecule has 0 spiro atoms. The van der Waals surface area contributed by atoms with E-state index in [0.29, 0.717) is 6.42 Å². The van der Waals surface area contributed by atoms with Gasteiger partial charge in [0.1, 0.15) is 5.78 Å². The number of carbonyl (C=O) groups excluding carboxylic acids is 1. The van der Waals surface area contributed by atoms with Crippen molar-refractivity contribution >= 4 is 21.7 Å². The summed E-state index contributed by atoms with van der Waals surface area (Å²) in [6.45, 7) is 5.80. The van der Waals surface area contributed by atoms with E-state index in [9.17, 15) is 4.79 Å². The SMILES string of the molecule is Cc1cc(Br)cnc1CC(=O)C(C)C. The van der Waals surface area contributed by atoms with Crippen LogP contribution in [0.4, 0.5) is 0 Å². The Hall–Kier alpha value is -0.700. The number of hydrogen-bond donors (Lipinski definition) is 0. The molecule has 0 saturated heterocycles. The molecule has 0 unspecified atom stereocenters. The summed E-state index contributed by atoms with van der Waals surface area (Å²) in [5, 5.41) is 0. The normalized spacial score (nSPS) is 10.6. The molecule has 0 saturated carbocycles. The smallest absolute Gasteiger partial charge is 0.141 e. The summed E-state index contributed by atoms with van der Waals surface area (Å²) >= 11 is 3.34. The third-order valence-electron chi connectivity index (χ3n) is 2.14. The lowest BCUT2D eigenvalue weighted by Gasteiger charge is -2.06. The van der Waals surface area contributed by atoms with Crippen LogP contribution in [0.25, 0.3) is 0 Å². The van der Waals surface area contributed by atoms with Gasteiger partial charge in [-0.1, -0.05) is 13.8 Å². The van der Waals surface area contributed by atoms with Crippen molar-refractivity contribution in [1.82, 2.24) is 4.98 Å². The van der Waals surface area contributed by atoms with E-state index in [1.54, 1.807) is 6.20 Å². The van der Waals surface area contributed by atoms with Crippen LogP contribution < -0.4 is 0 Å². The molecule has 2 nitrogen and oxygen atoms in total. The minimum atomic E-state index is 0.0832. The Balaban J connectivity index is 2.82. The van der Waals surface area contributed by atoms with E-state index in [2.05, 4.69) is 20.9 Å². The van der Waals surface area contributed by atoms with Crippen molar-refractivity contribution in [2.75, 3.05) is 0 Å². The number of aryl methyl sites for hydroxylation is 1. The maximum atomic E-state index is 11.5. The molecule has 76 valence electrons. The number of rotatable bonds is 3. The first kappa shape index (κ1) is 11.4. The van der Waals surface area contributed by atoms with Crippen molar-refractivity contribution in [2.24, 2.45) is 5.92 Å². The maximum Gasteiger partial charge on any atom is 0.141 e. The van der Waals surface area contributed by atoms with E-state index >= 15 is 0 Å². The molecule has 0 atom stereocenters. The molecule has 14 heavy (non-hydrogen) atoms. The molecular weight excluding hydrogens is 242 g/mol. The van der Waals surface area contributed by atoms with Crippen molar-refractivity contribution in [3.05, 3.63) is 28.0 Å². The largest absolute Gasteiger partial charge is 0.299 e. The molecule has 0 radical (unpaired) electrons. The zero-order valence-corrected chi connectivity index (χ0v) is 10.3. The highest BCUT2D eigenvalue weighted by molar-refractivity contribution is 9.10. The van der Waals surface area contributed by atoms with Gasteiger partial charge in [-0.3, -0.25) is 9.78 Å². The fourth-order valence-electron chi connectivity index (χ4n) is 1.12. The Bertz CT molecular complexity index is 347. The van der Waals surface area contributed by atoms with Crippen molar-refractivity contribution in [1.29, 1.82) is 0 Å². The van der Waals surface area contributed by atoms with E-state index in [4.69, 9.17) is 0 Å². The highest BCUT2D eigenvalue weighted by Crippen LogP contribution is 2.14. The Labute approximate surface area is 92.9 Å². The Morgan fingerprint density at radius 2 is 2.21 bits per heavy atom. The predicted octanol–water partition coefficient (Wildman–Crippen LogP) is 2.92. The second kappa shape index (κ2) is 4.69. The number of halogens is 1. The number of aromatic nitrogens is 1. The molecule has 0 aliphatic rings. The standard InChI is InChI=1S/C11H14BrNO/c1-7(2)11(14)5-10-8(3)4-9(12)6-13-10/h4,6-7H,5H2,1-3H3. The number of pyridine rings is 1. The molecule has 0 aliphatic heterocycles. The molecular formula is C11H14BrNO. The average Bonchev–Trinajstić information content (AvgIpc) is 2.09. The molecule has 0 amide bonds. The molecule has 0 aliphatic carbocycles. The van der Waals surface area contributed by atoms with Gasteiger partial charge in [0.25, 0.3) is 0 Å². The molecule has 0 N–H and O–H groups in total. The second-order valence-corrected chi connectivity index (χ2v) is 4.63. The van der Waals surface area contributed by atoms with Gasteiger partial charge in [0.05, 0.1) is 5.69 Å². The van der Waals surface area contributed by atoms with Crippen molar-refractivity contribution < 1.29 is 4.79 Å². The van der Waals surface area contributed by atoms with Crippen LogP contribution in [0, 0.1) is 12.8 Å². The minimum absolute atomic E-state index is 0.0832. The number of ketones is 1. The molecule has 0 aromatic carbocycles.